The van der Waals surface area contributed by atoms with E-state index < -0.39 is 17.5 Å². The van der Waals surface area contributed by atoms with E-state index in [9.17, 15) is 9.50 Å². The lowest BCUT2D eigenvalue weighted by Gasteiger charge is -2.32. The molecule has 1 fully saturated rings. The van der Waals surface area contributed by atoms with E-state index in [4.69, 9.17) is 4.74 Å². The Bertz CT molecular complexity index is 1210. The maximum Gasteiger partial charge on any atom is 0.166 e. The van der Waals surface area contributed by atoms with Crippen LogP contribution in [-0.4, -0.2) is 17.8 Å². The van der Waals surface area contributed by atoms with Crippen LogP contribution in [0.1, 0.15) is 75.0 Å². The molecule has 5 heteroatoms. The first-order valence-corrected chi connectivity index (χ1v) is 13.3. The van der Waals surface area contributed by atoms with Crippen molar-refractivity contribution in [2.24, 2.45) is 5.92 Å². The first-order chi connectivity index (χ1) is 17.9. The lowest BCUT2D eigenvalue weighted by atomic mass is 9.75. The van der Waals surface area contributed by atoms with Gasteiger partial charge in [-0.2, -0.15) is 0 Å². The molecule has 0 radical (unpaired) electrons. The average Bonchev–Trinajstić information content (AvgIpc) is 2.91. The van der Waals surface area contributed by atoms with Gasteiger partial charge in [-0.15, -0.1) is 0 Å². The maximum absolute atomic E-state index is 15.1. The number of hydrogen-bond donors (Lipinski definition) is 1. The second kappa shape index (κ2) is 12.5. The highest BCUT2D eigenvalue weighted by atomic mass is 19.2. The van der Waals surface area contributed by atoms with E-state index in [1.165, 1.54) is 6.07 Å². The van der Waals surface area contributed by atoms with Gasteiger partial charge in [0.1, 0.15) is 0 Å². The molecule has 3 aromatic rings. The summed E-state index contributed by atoms with van der Waals surface area (Å²) >= 11 is 0. The van der Waals surface area contributed by atoms with Crippen LogP contribution in [0, 0.1) is 23.4 Å². The van der Waals surface area contributed by atoms with Crippen molar-refractivity contribution in [1.82, 2.24) is 0 Å². The fraction of sp³-hybridized carbons (Fsp3) is 0.375. The van der Waals surface area contributed by atoms with Crippen molar-refractivity contribution in [2.45, 2.75) is 64.4 Å². The number of aliphatic hydroxyl groups excluding tert-OH is 1. The van der Waals surface area contributed by atoms with Gasteiger partial charge in [-0.05, 0) is 85.3 Å². The fourth-order valence-electron chi connectivity index (χ4n) is 5.31. The number of aliphatic hydroxyl groups is 1. The molecule has 1 aliphatic carbocycles. The second-order valence-corrected chi connectivity index (χ2v) is 9.88. The third kappa shape index (κ3) is 6.45. The third-order valence-electron chi connectivity index (χ3n) is 7.40. The number of benzene rings is 3. The summed E-state index contributed by atoms with van der Waals surface area (Å²) in [6.07, 6.45) is 8.28. The molecule has 1 atom stereocenters. The zero-order valence-corrected chi connectivity index (χ0v) is 21.5. The predicted octanol–water partition coefficient (Wildman–Crippen LogP) is 8.77. The SMILES string of the molecule is CCCC(O)C1CCC(c2ccc(-c3ccc(/C=C/c4ccc(OCC)c(F)c4)cc3)c(F)c2F)CC1. The van der Waals surface area contributed by atoms with Crippen molar-refractivity contribution in [1.29, 1.82) is 0 Å². The summed E-state index contributed by atoms with van der Waals surface area (Å²) in [6.45, 7) is 4.26. The Kier molecular flexibility index (Phi) is 9.09. The molecular formula is C32H35F3O2. The molecule has 1 aliphatic rings. The van der Waals surface area contributed by atoms with E-state index in [1.807, 2.05) is 18.2 Å². The van der Waals surface area contributed by atoms with Crippen LogP contribution in [0.25, 0.3) is 23.3 Å². The Balaban J connectivity index is 1.44. The van der Waals surface area contributed by atoms with Gasteiger partial charge in [-0.25, -0.2) is 13.2 Å². The van der Waals surface area contributed by atoms with E-state index in [0.717, 1.165) is 44.1 Å². The molecule has 4 rings (SSSR count). The summed E-state index contributed by atoms with van der Waals surface area (Å²) in [5.74, 6) is -1.54. The van der Waals surface area contributed by atoms with Crippen LogP contribution in [-0.2, 0) is 0 Å². The third-order valence-corrected chi connectivity index (χ3v) is 7.40. The summed E-state index contributed by atoms with van der Waals surface area (Å²) < 4.78 is 49.5. The van der Waals surface area contributed by atoms with Crippen molar-refractivity contribution < 1.29 is 23.0 Å². The molecule has 2 nitrogen and oxygen atoms in total. The molecule has 0 aromatic heterocycles. The van der Waals surface area contributed by atoms with Crippen molar-refractivity contribution in [2.75, 3.05) is 6.61 Å². The Morgan fingerprint density at radius 1 is 0.865 bits per heavy atom. The molecule has 196 valence electrons. The van der Waals surface area contributed by atoms with Crippen LogP contribution in [0.4, 0.5) is 13.2 Å². The van der Waals surface area contributed by atoms with Gasteiger partial charge in [0.15, 0.2) is 23.2 Å². The largest absolute Gasteiger partial charge is 0.491 e. The van der Waals surface area contributed by atoms with Gasteiger partial charge in [0.2, 0.25) is 0 Å². The first-order valence-electron chi connectivity index (χ1n) is 13.3. The topological polar surface area (TPSA) is 29.5 Å². The van der Waals surface area contributed by atoms with Crippen LogP contribution in [0.3, 0.4) is 0 Å². The molecule has 1 saturated carbocycles. The van der Waals surface area contributed by atoms with Crippen LogP contribution in [0.2, 0.25) is 0 Å². The highest BCUT2D eigenvalue weighted by molar-refractivity contribution is 5.72. The van der Waals surface area contributed by atoms with Gasteiger partial charge in [0, 0.05) is 5.56 Å². The van der Waals surface area contributed by atoms with Gasteiger partial charge in [0.05, 0.1) is 12.7 Å². The van der Waals surface area contributed by atoms with Gasteiger partial charge < -0.3 is 9.84 Å². The van der Waals surface area contributed by atoms with E-state index in [-0.39, 0.29) is 29.3 Å². The lowest BCUT2D eigenvalue weighted by Crippen LogP contribution is -2.25. The molecule has 0 saturated heterocycles. The van der Waals surface area contributed by atoms with Gasteiger partial charge >= 0.3 is 0 Å². The molecule has 1 unspecified atom stereocenters. The quantitative estimate of drug-likeness (QED) is 0.293. The molecule has 0 aliphatic heterocycles. The molecule has 0 bridgehead atoms. The van der Waals surface area contributed by atoms with Crippen LogP contribution >= 0.6 is 0 Å². The molecule has 0 heterocycles. The van der Waals surface area contributed by atoms with Crippen molar-refractivity contribution in [3.05, 3.63) is 88.7 Å². The zero-order valence-electron chi connectivity index (χ0n) is 21.5. The number of halogens is 3. The molecule has 0 amide bonds. The fourth-order valence-corrected chi connectivity index (χ4v) is 5.31. The molecule has 3 aromatic carbocycles. The monoisotopic (exact) mass is 508 g/mol. The van der Waals surface area contributed by atoms with Crippen LogP contribution < -0.4 is 4.74 Å². The summed E-state index contributed by atoms with van der Waals surface area (Å²) in [5, 5.41) is 10.3. The Hall–Kier alpha value is -3.05. The summed E-state index contributed by atoms with van der Waals surface area (Å²) in [7, 11) is 0. The molecular weight excluding hydrogens is 473 g/mol. The second-order valence-electron chi connectivity index (χ2n) is 9.88. The standard InChI is InChI=1S/C32H35F3O2/c1-3-5-29(36)25-15-13-24(14-16-25)27-18-17-26(31(34)32(27)35)23-11-8-21(9-12-23)6-7-22-10-19-30(37-4-2)28(33)20-22/h6-12,17-20,24-25,29,36H,3-5,13-16H2,1-2H3/b7-6+. The van der Waals surface area contributed by atoms with Crippen molar-refractivity contribution in [3.63, 3.8) is 0 Å². The minimum Gasteiger partial charge on any atom is -0.491 e. The predicted molar refractivity (Wildman–Crippen MR) is 144 cm³/mol. The van der Waals surface area contributed by atoms with E-state index in [2.05, 4.69) is 6.92 Å². The molecule has 1 N–H and O–H groups in total. The maximum atomic E-state index is 15.1. The van der Waals surface area contributed by atoms with Crippen LogP contribution in [0.15, 0.2) is 54.6 Å². The highest BCUT2D eigenvalue weighted by Gasteiger charge is 2.29. The molecule has 0 spiro atoms. The molecule has 37 heavy (non-hydrogen) atoms. The number of rotatable bonds is 9. The minimum absolute atomic E-state index is 0.0198. The summed E-state index contributed by atoms with van der Waals surface area (Å²) in [4.78, 5) is 0. The zero-order chi connectivity index (χ0) is 26.4. The Morgan fingerprint density at radius 3 is 2.19 bits per heavy atom. The van der Waals surface area contributed by atoms with Gasteiger partial charge in [-0.3, -0.25) is 0 Å². The summed E-state index contributed by atoms with van der Waals surface area (Å²) in [6, 6.07) is 15.3. The Labute approximate surface area is 217 Å². The number of hydrogen-bond acceptors (Lipinski definition) is 2. The average molecular weight is 509 g/mol. The van der Waals surface area contributed by atoms with E-state index >= 15 is 8.78 Å². The smallest absolute Gasteiger partial charge is 0.166 e. The normalized spacial score (nSPS) is 18.8. The van der Waals surface area contributed by atoms with Crippen LogP contribution in [0.5, 0.6) is 5.75 Å². The highest BCUT2D eigenvalue weighted by Crippen LogP contribution is 2.40. The Morgan fingerprint density at radius 2 is 1.54 bits per heavy atom. The first kappa shape index (κ1) is 27.0. The number of ether oxygens (including phenoxy) is 1. The lowest BCUT2D eigenvalue weighted by molar-refractivity contribution is 0.0727. The van der Waals surface area contributed by atoms with E-state index in [0.29, 0.717) is 23.3 Å². The van der Waals surface area contributed by atoms with Gasteiger partial charge in [-0.1, -0.05) is 68.0 Å². The summed E-state index contributed by atoms with van der Waals surface area (Å²) in [5.41, 5.74) is 2.82. The minimum atomic E-state index is -0.821. The van der Waals surface area contributed by atoms with Crippen molar-refractivity contribution >= 4 is 12.2 Å². The van der Waals surface area contributed by atoms with E-state index in [1.54, 1.807) is 49.4 Å². The van der Waals surface area contributed by atoms with Gasteiger partial charge in [0.25, 0.3) is 0 Å². The van der Waals surface area contributed by atoms with Crippen molar-refractivity contribution in [3.8, 4) is 16.9 Å².